The molecule has 0 unspecified atom stereocenters. The maximum Gasteiger partial charge on any atom is 0.293 e. The number of hydrogen-bond acceptors (Lipinski definition) is 2. The molecule has 1 saturated carbocycles. The minimum atomic E-state index is -0.191. The summed E-state index contributed by atoms with van der Waals surface area (Å²) in [5, 5.41) is 0. The number of carbonyl (C=O) groups excluding carboxylic acids is 1. The molecule has 0 N–H and O–H groups in total. The second-order valence-corrected chi connectivity index (χ2v) is 3.91. The van der Waals surface area contributed by atoms with Gasteiger partial charge in [0.25, 0.3) is 6.47 Å². The SMILES string of the molecule is O=COC1(Cc2ccccc2)CCC1. The van der Waals surface area contributed by atoms with Gasteiger partial charge in [0.15, 0.2) is 0 Å². The minimum absolute atomic E-state index is 0.191. The molecule has 2 nitrogen and oxygen atoms in total. The van der Waals surface area contributed by atoms with Crippen LogP contribution in [0.4, 0.5) is 0 Å². The zero-order chi connectivity index (χ0) is 9.86. The number of carbonyl (C=O) groups is 1. The van der Waals surface area contributed by atoms with E-state index in [1.165, 1.54) is 12.0 Å². The molecular formula is C12H14O2. The predicted octanol–water partition coefficient (Wildman–Crippen LogP) is 2.32. The van der Waals surface area contributed by atoms with Gasteiger partial charge in [-0.15, -0.1) is 0 Å². The van der Waals surface area contributed by atoms with Gasteiger partial charge in [-0.25, -0.2) is 0 Å². The van der Waals surface area contributed by atoms with Crippen LogP contribution in [0.15, 0.2) is 30.3 Å². The summed E-state index contributed by atoms with van der Waals surface area (Å²) in [7, 11) is 0. The van der Waals surface area contributed by atoms with Crippen LogP contribution >= 0.6 is 0 Å². The van der Waals surface area contributed by atoms with Crippen molar-refractivity contribution in [1.82, 2.24) is 0 Å². The fraction of sp³-hybridized carbons (Fsp3) is 0.417. The van der Waals surface area contributed by atoms with Gasteiger partial charge in [-0.2, -0.15) is 0 Å². The molecule has 0 bridgehead atoms. The molecule has 2 rings (SSSR count). The summed E-state index contributed by atoms with van der Waals surface area (Å²) < 4.78 is 5.19. The third kappa shape index (κ3) is 1.79. The van der Waals surface area contributed by atoms with Crippen molar-refractivity contribution in [2.24, 2.45) is 0 Å². The van der Waals surface area contributed by atoms with Gasteiger partial charge >= 0.3 is 0 Å². The van der Waals surface area contributed by atoms with Crippen molar-refractivity contribution >= 4 is 6.47 Å². The third-order valence-corrected chi connectivity index (χ3v) is 2.93. The normalized spacial score (nSPS) is 18.3. The Morgan fingerprint density at radius 2 is 2.00 bits per heavy atom. The standard InChI is InChI=1S/C12H14O2/c13-10-14-12(7-4-8-12)9-11-5-2-1-3-6-11/h1-3,5-6,10H,4,7-9H2. The average molecular weight is 190 g/mol. The highest BCUT2D eigenvalue weighted by Gasteiger charge is 2.38. The van der Waals surface area contributed by atoms with E-state index in [0.717, 1.165) is 19.3 Å². The summed E-state index contributed by atoms with van der Waals surface area (Å²) >= 11 is 0. The Morgan fingerprint density at radius 3 is 2.50 bits per heavy atom. The summed E-state index contributed by atoms with van der Waals surface area (Å²) in [4.78, 5) is 10.4. The Labute approximate surface area is 83.9 Å². The maximum absolute atomic E-state index is 10.4. The summed E-state index contributed by atoms with van der Waals surface area (Å²) in [6, 6.07) is 10.2. The Bertz CT molecular complexity index is 301. The van der Waals surface area contributed by atoms with Crippen molar-refractivity contribution in [3.8, 4) is 0 Å². The van der Waals surface area contributed by atoms with Gasteiger partial charge in [0.05, 0.1) is 0 Å². The van der Waals surface area contributed by atoms with Gasteiger partial charge in [-0.1, -0.05) is 30.3 Å². The first-order valence-electron chi connectivity index (χ1n) is 5.00. The smallest absolute Gasteiger partial charge is 0.293 e. The van der Waals surface area contributed by atoms with Gasteiger partial charge in [-0.05, 0) is 24.8 Å². The Kier molecular flexibility index (Phi) is 2.53. The van der Waals surface area contributed by atoms with Crippen molar-refractivity contribution in [3.05, 3.63) is 35.9 Å². The highest BCUT2D eigenvalue weighted by Crippen LogP contribution is 2.37. The quantitative estimate of drug-likeness (QED) is 0.681. The van der Waals surface area contributed by atoms with E-state index in [-0.39, 0.29) is 5.60 Å². The summed E-state index contributed by atoms with van der Waals surface area (Å²) in [5.74, 6) is 0. The number of rotatable bonds is 4. The van der Waals surface area contributed by atoms with Crippen LogP contribution < -0.4 is 0 Å². The van der Waals surface area contributed by atoms with E-state index in [2.05, 4.69) is 12.1 Å². The van der Waals surface area contributed by atoms with Crippen LogP contribution in [-0.2, 0) is 16.0 Å². The summed E-state index contributed by atoms with van der Waals surface area (Å²) in [6.45, 7) is 0.585. The maximum atomic E-state index is 10.4. The lowest BCUT2D eigenvalue weighted by atomic mass is 9.76. The Morgan fingerprint density at radius 1 is 1.29 bits per heavy atom. The molecule has 0 aliphatic heterocycles. The molecule has 0 amide bonds. The fourth-order valence-corrected chi connectivity index (χ4v) is 1.98. The number of benzene rings is 1. The zero-order valence-corrected chi connectivity index (χ0v) is 8.11. The van der Waals surface area contributed by atoms with Crippen molar-refractivity contribution in [1.29, 1.82) is 0 Å². The predicted molar refractivity (Wildman–Crippen MR) is 53.9 cm³/mol. The molecule has 1 aliphatic carbocycles. The third-order valence-electron chi connectivity index (χ3n) is 2.93. The molecule has 0 aromatic heterocycles. The molecule has 1 aliphatic rings. The van der Waals surface area contributed by atoms with Crippen molar-refractivity contribution < 1.29 is 9.53 Å². The molecule has 0 spiro atoms. The Balaban J connectivity index is 2.05. The van der Waals surface area contributed by atoms with Crippen LogP contribution in [0.2, 0.25) is 0 Å². The summed E-state index contributed by atoms with van der Waals surface area (Å²) in [5.41, 5.74) is 1.05. The molecular weight excluding hydrogens is 176 g/mol. The van der Waals surface area contributed by atoms with Crippen LogP contribution in [0.25, 0.3) is 0 Å². The molecule has 0 heterocycles. The molecule has 1 aromatic carbocycles. The van der Waals surface area contributed by atoms with Crippen molar-refractivity contribution in [3.63, 3.8) is 0 Å². The van der Waals surface area contributed by atoms with Crippen LogP contribution in [-0.4, -0.2) is 12.1 Å². The van der Waals surface area contributed by atoms with Crippen molar-refractivity contribution in [2.45, 2.75) is 31.3 Å². The second kappa shape index (κ2) is 3.82. The van der Waals surface area contributed by atoms with Crippen LogP contribution in [0.1, 0.15) is 24.8 Å². The highest BCUT2D eigenvalue weighted by molar-refractivity contribution is 5.39. The van der Waals surface area contributed by atoms with Crippen LogP contribution in [0, 0.1) is 0 Å². The van der Waals surface area contributed by atoms with E-state index >= 15 is 0 Å². The van der Waals surface area contributed by atoms with E-state index in [1.54, 1.807) is 0 Å². The zero-order valence-electron chi connectivity index (χ0n) is 8.11. The number of ether oxygens (including phenoxy) is 1. The van der Waals surface area contributed by atoms with Gasteiger partial charge in [-0.3, -0.25) is 4.79 Å². The van der Waals surface area contributed by atoms with E-state index in [1.807, 2.05) is 18.2 Å². The minimum Gasteiger partial charge on any atom is -0.461 e. The van der Waals surface area contributed by atoms with E-state index < -0.39 is 0 Å². The van der Waals surface area contributed by atoms with E-state index in [0.29, 0.717) is 6.47 Å². The van der Waals surface area contributed by atoms with E-state index in [4.69, 9.17) is 4.74 Å². The van der Waals surface area contributed by atoms with Crippen LogP contribution in [0.3, 0.4) is 0 Å². The highest BCUT2D eigenvalue weighted by atomic mass is 16.5. The van der Waals surface area contributed by atoms with Gasteiger partial charge in [0, 0.05) is 6.42 Å². The molecule has 0 saturated heterocycles. The number of hydrogen-bond donors (Lipinski definition) is 0. The van der Waals surface area contributed by atoms with E-state index in [9.17, 15) is 4.79 Å². The molecule has 0 radical (unpaired) electrons. The molecule has 14 heavy (non-hydrogen) atoms. The molecule has 2 heteroatoms. The van der Waals surface area contributed by atoms with Crippen LogP contribution in [0.5, 0.6) is 0 Å². The molecule has 0 atom stereocenters. The topological polar surface area (TPSA) is 26.3 Å². The van der Waals surface area contributed by atoms with Crippen molar-refractivity contribution in [2.75, 3.05) is 0 Å². The molecule has 1 aromatic rings. The largest absolute Gasteiger partial charge is 0.461 e. The lowest BCUT2D eigenvalue weighted by molar-refractivity contribution is -0.152. The first-order chi connectivity index (χ1) is 6.85. The van der Waals surface area contributed by atoms with Gasteiger partial charge in [0.1, 0.15) is 5.60 Å². The lowest BCUT2D eigenvalue weighted by Gasteiger charge is -2.39. The summed E-state index contributed by atoms with van der Waals surface area (Å²) in [6.07, 6.45) is 4.02. The van der Waals surface area contributed by atoms with Gasteiger partial charge < -0.3 is 4.74 Å². The first kappa shape index (κ1) is 9.25. The second-order valence-electron chi connectivity index (χ2n) is 3.91. The van der Waals surface area contributed by atoms with Gasteiger partial charge in [0.2, 0.25) is 0 Å². The lowest BCUT2D eigenvalue weighted by Crippen LogP contribution is -2.41. The Hall–Kier alpha value is -1.31. The average Bonchev–Trinajstić information content (AvgIpc) is 2.16. The molecule has 1 fully saturated rings. The first-order valence-corrected chi connectivity index (χ1v) is 5.00. The fourth-order valence-electron chi connectivity index (χ4n) is 1.98. The molecule has 74 valence electrons. The monoisotopic (exact) mass is 190 g/mol.